The van der Waals surface area contributed by atoms with E-state index in [1.54, 1.807) is 30.6 Å². The van der Waals surface area contributed by atoms with Gasteiger partial charge in [0.25, 0.3) is 0 Å². The fraction of sp³-hybridized carbons (Fsp3) is 0.0769. The molecule has 2 rings (SSSR count). The van der Waals surface area contributed by atoms with Crippen LogP contribution in [0.1, 0.15) is 5.56 Å². The molecule has 1 aromatic carbocycles. The van der Waals surface area contributed by atoms with E-state index >= 15 is 0 Å². The Bertz CT molecular complexity index is 597. The van der Waals surface area contributed by atoms with Crippen LogP contribution in [0.5, 0.6) is 0 Å². The number of anilines is 2. The van der Waals surface area contributed by atoms with Crippen molar-refractivity contribution in [2.75, 3.05) is 11.1 Å². The van der Waals surface area contributed by atoms with Crippen LogP contribution < -0.4 is 11.1 Å². The molecule has 0 radical (unpaired) electrons. The van der Waals surface area contributed by atoms with Crippen LogP contribution in [0.15, 0.2) is 36.7 Å². The molecular weight excluding hydrogens is 230 g/mol. The Kier molecular flexibility index (Phi) is 3.14. The lowest BCUT2D eigenvalue weighted by Crippen LogP contribution is -2.07. The molecule has 18 heavy (non-hydrogen) atoms. The van der Waals surface area contributed by atoms with E-state index in [2.05, 4.69) is 10.3 Å². The number of pyridine rings is 1. The predicted molar refractivity (Wildman–Crippen MR) is 70.5 cm³/mol. The highest BCUT2D eigenvalue weighted by Crippen LogP contribution is 2.28. The summed E-state index contributed by atoms with van der Waals surface area (Å²) in [7, 11) is 0. The minimum Gasteiger partial charge on any atom is -0.465 e. The van der Waals surface area contributed by atoms with E-state index in [-0.39, 0.29) is 0 Å². The monoisotopic (exact) mass is 243 g/mol. The third kappa shape index (κ3) is 2.57. The van der Waals surface area contributed by atoms with Crippen molar-refractivity contribution in [2.24, 2.45) is 0 Å². The molecule has 2 aromatic rings. The quantitative estimate of drug-likeness (QED) is 0.756. The topological polar surface area (TPSA) is 88.2 Å². The number of hydrogen-bond donors (Lipinski definition) is 3. The van der Waals surface area contributed by atoms with Gasteiger partial charge in [0.05, 0.1) is 11.9 Å². The zero-order valence-corrected chi connectivity index (χ0v) is 9.84. The Morgan fingerprint density at radius 3 is 2.83 bits per heavy atom. The summed E-state index contributed by atoms with van der Waals surface area (Å²) in [6, 6.07) is 7.25. The van der Waals surface area contributed by atoms with Gasteiger partial charge in [0.1, 0.15) is 0 Å². The number of aryl methyl sites for hydroxylation is 1. The first-order valence-electron chi connectivity index (χ1n) is 5.38. The smallest absolute Gasteiger partial charge is 0.409 e. The van der Waals surface area contributed by atoms with Crippen LogP contribution in [0.2, 0.25) is 0 Å². The maximum atomic E-state index is 10.6. The van der Waals surface area contributed by atoms with E-state index in [4.69, 9.17) is 10.8 Å². The lowest BCUT2D eigenvalue weighted by Gasteiger charge is -2.09. The lowest BCUT2D eigenvalue weighted by atomic mass is 10.0. The first-order valence-corrected chi connectivity index (χ1v) is 5.38. The van der Waals surface area contributed by atoms with Gasteiger partial charge in [-0.3, -0.25) is 10.3 Å². The fourth-order valence-corrected chi connectivity index (χ4v) is 1.80. The van der Waals surface area contributed by atoms with Gasteiger partial charge >= 0.3 is 6.09 Å². The molecule has 0 atom stereocenters. The van der Waals surface area contributed by atoms with Crippen molar-refractivity contribution in [1.82, 2.24) is 4.98 Å². The molecule has 1 amide bonds. The number of nitrogens with one attached hydrogen (secondary N) is 1. The summed E-state index contributed by atoms with van der Waals surface area (Å²) in [5.74, 6) is 0. The third-order valence-corrected chi connectivity index (χ3v) is 2.49. The van der Waals surface area contributed by atoms with Gasteiger partial charge in [0.2, 0.25) is 0 Å². The van der Waals surface area contributed by atoms with E-state index in [0.717, 1.165) is 16.7 Å². The van der Waals surface area contributed by atoms with Crippen molar-refractivity contribution >= 4 is 17.5 Å². The normalized spacial score (nSPS) is 10.1. The van der Waals surface area contributed by atoms with Crippen LogP contribution in [0.25, 0.3) is 11.1 Å². The zero-order valence-electron chi connectivity index (χ0n) is 9.84. The standard InChI is InChI=1S/C13H13N3O2/c1-8-4-9(6-10(5-8)16-13(17)18)11-2-3-15-7-12(11)14/h2-7,16H,14H2,1H3,(H,17,18). The summed E-state index contributed by atoms with van der Waals surface area (Å²) in [6.45, 7) is 1.90. The molecule has 1 heterocycles. The fourth-order valence-electron chi connectivity index (χ4n) is 1.80. The summed E-state index contributed by atoms with van der Waals surface area (Å²) in [5, 5.41) is 11.1. The Balaban J connectivity index is 2.48. The molecule has 92 valence electrons. The average Bonchev–Trinajstić information content (AvgIpc) is 2.27. The molecule has 0 fully saturated rings. The SMILES string of the molecule is Cc1cc(NC(=O)O)cc(-c2ccncc2N)c1. The van der Waals surface area contributed by atoms with Crippen molar-refractivity contribution in [2.45, 2.75) is 6.92 Å². The molecule has 0 aliphatic carbocycles. The molecule has 0 saturated heterocycles. The maximum Gasteiger partial charge on any atom is 0.409 e. The summed E-state index contributed by atoms with van der Waals surface area (Å²) in [6.07, 6.45) is 2.13. The van der Waals surface area contributed by atoms with Crippen LogP contribution in [0, 0.1) is 6.92 Å². The average molecular weight is 243 g/mol. The number of rotatable bonds is 2. The first kappa shape index (κ1) is 11.9. The Morgan fingerprint density at radius 1 is 1.39 bits per heavy atom. The summed E-state index contributed by atoms with van der Waals surface area (Å²) in [5.41, 5.74) is 9.58. The van der Waals surface area contributed by atoms with Crippen molar-refractivity contribution in [1.29, 1.82) is 0 Å². The van der Waals surface area contributed by atoms with Gasteiger partial charge in [-0.1, -0.05) is 6.07 Å². The highest BCUT2D eigenvalue weighted by atomic mass is 16.4. The third-order valence-electron chi connectivity index (χ3n) is 2.49. The maximum absolute atomic E-state index is 10.6. The molecule has 0 aliphatic rings. The Labute approximate surface area is 104 Å². The second-order valence-corrected chi connectivity index (χ2v) is 3.98. The Morgan fingerprint density at radius 2 is 2.17 bits per heavy atom. The zero-order chi connectivity index (χ0) is 13.1. The van der Waals surface area contributed by atoms with E-state index in [1.807, 2.05) is 13.0 Å². The van der Waals surface area contributed by atoms with Gasteiger partial charge in [-0.15, -0.1) is 0 Å². The van der Waals surface area contributed by atoms with Gasteiger partial charge in [0.15, 0.2) is 0 Å². The van der Waals surface area contributed by atoms with Crippen LogP contribution in [-0.2, 0) is 0 Å². The number of nitrogen functional groups attached to an aromatic ring is 1. The van der Waals surface area contributed by atoms with Gasteiger partial charge in [-0.2, -0.15) is 0 Å². The van der Waals surface area contributed by atoms with Crippen LogP contribution in [0.3, 0.4) is 0 Å². The molecule has 5 nitrogen and oxygen atoms in total. The molecule has 5 heteroatoms. The second-order valence-electron chi connectivity index (χ2n) is 3.98. The largest absolute Gasteiger partial charge is 0.465 e. The van der Waals surface area contributed by atoms with Gasteiger partial charge in [-0.25, -0.2) is 4.79 Å². The molecule has 0 saturated carbocycles. The van der Waals surface area contributed by atoms with Crippen molar-refractivity contribution in [3.8, 4) is 11.1 Å². The molecule has 0 spiro atoms. The molecule has 1 aromatic heterocycles. The van der Waals surface area contributed by atoms with Gasteiger partial charge < -0.3 is 10.8 Å². The van der Waals surface area contributed by atoms with Crippen LogP contribution in [-0.4, -0.2) is 16.2 Å². The van der Waals surface area contributed by atoms with E-state index in [9.17, 15) is 4.79 Å². The number of nitrogens with zero attached hydrogens (tertiary/aromatic N) is 1. The van der Waals surface area contributed by atoms with Crippen molar-refractivity contribution < 1.29 is 9.90 Å². The molecule has 0 aliphatic heterocycles. The molecule has 0 unspecified atom stereocenters. The molecular formula is C13H13N3O2. The van der Waals surface area contributed by atoms with Crippen LogP contribution in [0.4, 0.5) is 16.2 Å². The first-order chi connectivity index (χ1) is 8.56. The number of aromatic nitrogens is 1. The van der Waals surface area contributed by atoms with Gasteiger partial charge in [0, 0.05) is 17.4 Å². The van der Waals surface area contributed by atoms with Gasteiger partial charge in [-0.05, 0) is 36.2 Å². The number of benzene rings is 1. The highest BCUT2D eigenvalue weighted by molar-refractivity contribution is 5.86. The van der Waals surface area contributed by atoms with Crippen molar-refractivity contribution in [3.05, 3.63) is 42.2 Å². The summed E-state index contributed by atoms with van der Waals surface area (Å²) < 4.78 is 0. The highest BCUT2D eigenvalue weighted by Gasteiger charge is 2.06. The number of amides is 1. The van der Waals surface area contributed by atoms with E-state index in [1.165, 1.54) is 0 Å². The van der Waals surface area contributed by atoms with E-state index in [0.29, 0.717) is 11.4 Å². The lowest BCUT2D eigenvalue weighted by molar-refractivity contribution is 0.210. The van der Waals surface area contributed by atoms with Crippen LogP contribution >= 0.6 is 0 Å². The number of hydrogen-bond acceptors (Lipinski definition) is 3. The second kappa shape index (κ2) is 4.75. The minimum atomic E-state index is -1.09. The molecule has 4 N–H and O–H groups in total. The Hall–Kier alpha value is -2.56. The molecule has 0 bridgehead atoms. The number of carboxylic acid groups (broad SMARTS) is 1. The summed E-state index contributed by atoms with van der Waals surface area (Å²) in [4.78, 5) is 14.6. The summed E-state index contributed by atoms with van der Waals surface area (Å²) >= 11 is 0. The number of nitrogens with two attached hydrogens (primary N) is 1. The van der Waals surface area contributed by atoms with E-state index < -0.39 is 6.09 Å². The minimum absolute atomic E-state index is 0.522. The van der Waals surface area contributed by atoms with Crippen molar-refractivity contribution in [3.63, 3.8) is 0 Å². The predicted octanol–water partition coefficient (Wildman–Crippen LogP) is 2.73. The number of carbonyl (C=O) groups is 1.